The highest BCUT2D eigenvalue weighted by Crippen LogP contribution is 2.29. The molecule has 1 unspecified atom stereocenters. The minimum absolute atomic E-state index is 0.0101. The molecule has 1 atom stereocenters. The van der Waals surface area contributed by atoms with Gasteiger partial charge in [-0.3, -0.25) is 4.79 Å². The van der Waals surface area contributed by atoms with Crippen molar-refractivity contribution in [2.24, 2.45) is 0 Å². The molecule has 0 aliphatic carbocycles. The van der Waals surface area contributed by atoms with E-state index in [2.05, 4.69) is 10.6 Å². The van der Waals surface area contributed by atoms with Gasteiger partial charge in [0.25, 0.3) is 0 Å². The molecule has 1 amide bonds. The molecule has 1 aliphatic rings. The molecule has 0 bridgehead atoms. The van der Waals surface area contributed by atoms with Gasteiger partial charge in [-0.05, 0) is 24.5 Å². The first kappa shape index (κ1) is 14.8. The number of rotatable bonds is 3. The predicted octanol–water partition coefficient (Wildman–Crippen LogP) is 2.46. The van der Waals surface area contributed by atoms with Crippen LogP contribution in [-0.4, -0.2) is 18.5 Å². The number of hydrogen-bond donors (Lipinski definition) is 2. The van der Waals surface area contributed by atoms with Crippen molar-refractivity contribution in [2.45, 2.75) is 38.0 Å². The summed E-state index contributed by atoms with van der Waals surface area (Å²) in [5, 5.41) is 5.93. The van der Waals surface area contributed by atoms with Crippen LogP contribution in [0, 0.1) is 0 Å². The molecule has 0 radical (unpaired) electrons. The average molecular weight is 286 g/mol. The van der Waals surface area contributed by atoms with Gasteiger partial charge in [-0.1, -0.05) is 18.2 Å². The smallest absolute Gasteiger partial charge is 0.356 e. The topological polar surface area (TPSA) is 41.1 Å². The Morgan fingerprint density at radius 2 is 2.15 bits per heavy atom. The van der Waals surface area contributed by atoms with Crippen LogP contribution in [-0.2, 0) is 17.5 Å². The summed E-state index contributed by atoms with van der Waals surface area (Å²) in [6.07, 6.45) is -2.22. The molecule has 0 spiro atoms. The average Bonchev–Trinajstić information content (AvgIpc) is 2.60. The van der Waals surface area contributed by atoms with E-state index in [0.29, 0.717) is 25.1 Å². The molecule has 1 fully saturated rings. The Morgan fingerprint density at radius 3 is 2.90 bits per heavy atom. The van der Waals surface area contributed by atoms with Gasteiger partial charge in [-0.2, -0.15) is 13.2 Å². The van der Waals surface area contributed by atoms with Gasteiger partial charge in [0.2, 0.25) is 5.91 Å². The Balaban J connectivity index is 1.95. The van der Waals surface area contributed by atoms with E-state index in [4.69, 9.17) is 0 Å². The Bertz CT molecular complexity index is 474. The molecule has 1 saturated heterocycles. The van der Waals surface area contributed by atoms with Gasteiger partial charge >= 0.3 is 6.18 Å². The molecular formula is C14H17F3N2O. The van der Waals surface area contributed by atoms with Crippen molar-refractivity contribution in [3.05, 3.63) is 35.4 Å². The number of halogens is 3. The van der Waals surface area contributed by atoms with Crippen LogP contribution in [0.15, 0.2) is 24.3 Å². The molecule has 1 heterocycles. The predicted molar refractivity (Wildman–Crippen MR) is 68.9 cm³/mol. The van der Waals surface area contributed by atoms with E-state index in [0.717, 1.165) is 25.0 Å². The zero-order valence-corrected chi connectivity index (χ0v) is 11.0. The van der Waals surface area contributed by atoms with Crippen LogP contribution in [0.1, 0.15) is 30.4 Å². The Kier molecular flexibility index (Phi) is 4.65. The van der Waals surface area contributed by atoms with E-state index in [9.17, 15) is 18.0 Å². The molecular weight excluding hydrogens is 269 g/mol. The normalized spacial score (nSPS) is 20.4. The van der Waals surface area contributed by atoms with Crippen molar-refractivity contribution in [3.63, 3.8) is 0 Å². The summed E-state index contributed by atoms with van der Waals surface area (Å²) in [7, 11) is 0. The van der Waals surface area contributed by atoms with Crippen LogP contribution >= 0.6 is 0 Å². The van der Waals surface area contributed by atoms with Gasteiger partial charge in [0.1, 0.15) is 0 Å². The Hall–Kier alpha value is -1.56. The highest BCUT2D eigenvalue weighted by Gasteiger charge is 2.30. The molecule has 110 valence electrons. The van der Waals surface area contributed by atoms with Crippen molar-refractivity contribution in [1.82, 2.24) is 10.6 Å². The second-order valence-electron chi connectivity index (χ2n) is 4.97. The summed E-state index contributed by atoms with van der Waals surface area (Å²) in [5.74, 6) is -0.0101. The standard InChI is InChI=1S/C14H17F3N2O/c15-14(16,17)11-4-1-3-10(7-11)9-19-12-5-2-6-18-13(20)8-12/h1,3-4,7,12,19H,2,5-6,8-9H2,(H,18,20). The zero-order chi connectivity index (χ0) is 14.6. The van der Waals surface area contributed by atoms with Crippen molar-refractivity contribution >= 4 is 5.91 Å². The number of amides is 1. The summed E-state index contributed by atoms with van der Waals surface area (Å²) >= 11 is 0. The fourth-order valence-corrected chi connectivity index (χ4v) is 2.27. The summed E-state index contributed by atoms with van der Waals surface area (Å²) < 4.78 is 37.8. The molecule has 2 rings (SSSR count). The molecule has 1 aliphatic heterocycles. The van der Waals surface area contributed by atoms with Gasteiger partial charge < -0.3 is 10.6 Å². The van der Waals surface area contributed by atoms with Crippen molar-refractivity contribution in [1.29, 1.82) is 0 Å². The maximum absolute atomic E-state index is 12.6. The van der Waals surface area contributed by atoms with Crippen LogP contribution in [0.3, 0.4) is 0 Å². The molecule has 2 N–H and O–H groups in total. The lowest BCUT2D eigenvalue weighted by Gasteiger charge is -2.16. The molecule has 1 aromatic rings. The van der Waals surface area contributed by atoms with Crippen LogP contribution in [0.25, 0.3) is 0 Å². The third-order valence-corrected chi connectivity index (χ3v) is 3.33. The largest absolute Gasteiger partial charge is 0.416 e. The van der Waals surface area contributed by atoms with Crippen molar-refractivity contribution < 1.29 is 18.0 Å². The first-order valence-corrected chi connectivity index (χ1v) is 6.61. The molecule has 0 saturated carbocycles. The van der Waals surface area contributed by atoms with Gasteiger partial charge in [-0.15, -0.1) is 0 Å². The third-order valence-electron chi connectivity index (χ3n) is 3.33. The number of hydrogen-bond acceptors (Lipinski definition) is 2. The summed E-state index contributed by atoms with van der Waals surface area (Å²) in [5.41, 5.74) is -0.0695. The van der Waals surface area contributed by atoms with E-state index in [1.165, 1.54) is 6.07 Å². The first-order valence-electron chi connectivity index (χ1n) is 6.61. The fourth-order valence-electron chi connectivity index (χ4n) is 2.27. The quantitative estimate of drug-likeness (QED) is 0.896. The summed E-state index contributed by atoms with van der Waals surface area (Å²) in [6.45, 7) is 1.00. The lowest BCUT2D eigenvalue weighted by atomic mass is 10.1. The zero-order valence-electron chi connectivity index (χ0n) is 11.0. The monoisotopic (exact) mass is 286 g/mol. The van der Waals surface area contributed by atoms with Crippen LogP contribution < -0.4 is 10.6 Å². The number of nitrogens with one attached hydrogen (secondary N) is 2. The second kappa shape index (κ2) is 6.26. The second-order valence-corrected chi connectivity index (χ2v) is 4.97. The molecule has 3 nitrogen and oxygen atoms in total. The molecule has 20 heavy (non-hydrogen) atoms. The highest BCUT2D eigenvalue weighted by molar-refractivity contribution is 5.76. The van der Waals surface area contributed by atoms with Crippen molar-refractivity contribution in [3.8, 4) is 0 Å². The van der Waals surface area contributed by atoms with E-state index < -0.39 is 11.7 Å². The third kappa shape index (κ3) is 4.23. The summed E-state index contributed by atoms with van der Waals surface area (Å²) in [6, 6.07) is 5.28. The highest BCUT2D eigenvalue weighted by atomic mass is 19.4. The fraction of sp³-hybridized carbons (Fsp3) is 0.500. The lowest BCUT2D eigenvalue weighted by Crippen LogP contribution is -2.32. The van der Waals surface area contributed by atoms with E-state index in [1.807, 2.05) is 0 Å². The molecule has 6 heteroatoms. The van der Waals surface area contributed by atoms with Gasteiger partial charge in [-0.25, -0.2) is 0 Å². The van der Waals surface area contributed by atoms with Crippen LogP contribution in [0.4, 0.5) is 13.2 Å². The number of alkyl halides is 3. The number of benzene rings is 1. The first-order chi connectivity index (χ1) is 9.45. The maximum Gasteiger partial charge on any atom is 0.416 e. The number of carbonyl (C=O) groups is 1. The Morgan fingerprint density at radius 1 is 1.35 bits per heavy atom. The lowest BCUT2D eigenvalue weighted by molar-refractivity contribution is -0.137. The van der Waals surface area contributed by atoms with Gasteiger partial charge in [0.05, 0.1) is 5.56 Å². The van der Waals surface area contributed by atoms with Gasteiger partial charge in [0.15, 0.2) is 0 Å². The van der Waals surface area contributed by atoms with E-state index >= 15 is 0 Å². The van der Waals surface area contributed by atoms with Crippen LogP contribution in [0.2, 0.25) is 0 Å². The molecule has 1 aromatic carbocycles. The van der Waals surface area contributed by atoms with E-state index in [-0.39, 0.29) is 11.9 Å². The van der Waals surface area contributed by atoms with Crippen LogP contribution in [0.5, 0.6) is 0 Å². The van der Waals surface area contributed by atoms with Gasteiger partial charge in [0, 0.05) is 25.6 Å². The van der Waals surface area contributed by atoms with Crippen molar-refractivity contribution in [2.75, 3.05) is 6.54 Å². The molecule has 0 aromatic heterocycles. The minimum Gasteiger partial charge on any atom is -0.356 e. The minimum atomic E-state index is -4.32. The maximum atomic E-state index is 12.6. The summed E-state index contributed by atoms with van der Waals surface area (Å²) in [4.78, 5) is 11.4. The SMILES string of the molecule is O=C1CC(NCc2cccc(C(F)(F)F)c2)CCCN1. The number of carbonyl (C=O) groups excluding carboxylic acids is 1. The Labute approximate surface area is 115 Å². The van der Waals surface area contributed by atoms with E-state index in [1.54, 1.807) is 6.07 Å².